The number of carbonyl (C=O) groups excluding carboxylic acids is 1. The van der Waals surface area contributed by atoms with E-state index in [0.29, 0.717) is 23.9 Å². The maximum atomic E-state index is 13.0. The lowest BCUT2D eigenvalue weighted by atomic mass is 9.84. The molecule has 0 saturated carbocycles. The van der Waals surface area contributed by atoms with Crippen molar-refractivity contribution in [3.05, 3.63) is 0 Å². The van der Waals surface area contributed by atoms with E-state index in [4.69, 9.17) is 0 Å². The second-order valence-corrected chi connectivity index (χ2v) is 7.64. The molecule has 0 radical (unpaired) electrons. The van der Waals surface area contributed by atoms with Crippen LogP contribution in [0.1, 0.15) is 52.4 Å². The summed E-state index contributed by atoms with van der Waals surface area (Å²) in [4.78, 5) is 17.8. The molecule has 126 valence electrons. The Bertz CT molecular complexity index is 381. The quantitative estimate of drug-likeness (QED) is 0.864. The van der Waals surface area contributed by atoms with Crippen molar-refractivity contribution in [3.63, 3.8) is 0 Å². The lowest BCUT2D eigenvalue weighted by Gasteiger charge is -2.32. The van der Waals surface area contributed by atoms with E-state index in [0.717, 1.165) is 38.5 Å². The van der Waals surface area contributed by atoms with Gasteiger partial charge in [-0.25, -0.2) is 0 Å². The molecule has 3 heterocycles. The third kappa shape index (κ3) is 3.48. The van der Waals surface area contributed by atoms with Crippen LogP contribution in [0.3, 0.4) is 0 Å². The minimum absolute atomic E-state index is 0.441. The van der Waals surface area contributed by atoms with Gasteiger partial charge in [-0.1, -0.05) is 13.8 Å². The number of nitrogens with zero attached hydrogens (tertiary/aromatic N) is 2. The number of carbonyl (C=O) groups is 1. The molecule has 3 unspecified atom stereocenters. The highest BCUT2D eigenvalue weighted by Crippen LogP contribution is 2.33. The van der Waals surface area contributed by atoms with E-state index in [1.54, 1.807) is 0 Å². The van der Waals surface area contributed by atoms with Crippen molar-refractivity contribution in [2.75, 3.05) is 32.7 Å². The molecular weight excluding hydrogens is 274 g/mol. The number of nitrogens with one attached hydrogen (secondary N) is 1. The second kappa shape index (κ2) is 7.31. The molecule has 3 aliphatic rings. The van der Waals surface area contributed by atoms with E-state index in [1.165, 1.54) is 38.6 Å². The molecule has 4 nitrogen and oxygen atoms in total. The van der Waals surface area contributed by atoms with E-state index < -0.39 is 0 Å². The van der Waals surface area contributed by atoms with Crippen LogP contribution in [0, 0.1) is 11.8 Å². The average molecular weight is 307 g/mol. The number of piperidine rings is 1. The molecule has 0 aliphatic carbocycles. The molecule has 3 fully saturated rings. The summed E-state index contributed by atoms with van der Waals surface area (Å²) < 4.78 is 0. The van der Waals surface area contributed by atoms with Crippen molar-refractivity contribution in [1.82, 2.24) is 15.1 Å². The molecule has 3 atom stereocenters. The molecule has 0 spiro atoms. The molecule has 0 aromatic heterocycles. The minimum Gasteiger partial charge on any atom is -0.335 e. The van der Waals surface area contributed by atoms with E-state index in [9.17, 15) is 4.79 Å². The number of likely N-dealkylation sites (tertiary alicyclic amines) is 1. The number of rotatable bonds is 4. The summed E-state index contributed by atoms with van der Waals surface area (Å²) in [6.07, 6.45) is 6.88. The van der Waals surface area contributed by atoms with Crippen LogP contribution in [0.5, 0.6) is 0 Å². The first kappa shape index (κ1) is 16.3. The third-order valence-corrected chi connectivity index (χ3v) is 6.29. The van der Waals surface area contributed by atoms with Crippen LogP contribution in [0.25, 0.3) is 0 Å². The zero-order valence-electron chi connectivity index (χ0n) is 14.4. The van der Waals surface area contributed by atoms with Crippen molar-refractivity contribution >= 4 is 5.91 Å². The number of fused-ring (bicyclic) bond motifs is 2. The van der Waals surface area contributed by atoms with E-state index in [1.807, 2.05) is 0 Å². The summed E-state index contributed by atoms with van der Waals surface area (Å²) in [6, 6.07) is 1.01. The molecule has 3 saturated heterocycles. The van der Waals surface area contributed by atoms with Crippen LogP contribution in [-0.2, 0) is 4.79 Å². The van der Waals surface area contributed by atoms with Crippen LogP contribution in [0.4, 0.5) is 0 Å². The molecule has 1 amide bonds. The van der Waals surface area contributed by atoms with E-state index in [2.05, 4.69) is 29.0 Å². The van der Waals surface area contributed by atoms with Gasteiger partial charge in [-0.3, -0.25) is 4.79 Å². The normalized spacial score (nSPS) is 32.0. The molecule has 1 N–H and O–H groups in total. The van der Waals surface area contributed by atoms with Gasteiger partial charge in [0.05, 0.1) is 0 Å². The molecular formula is C18H33N3O. The van der Waals surface area contributed by atoms with Crippen molar-refractivity contribution in [1.29, 1.82) is 0 Å². The van der Waals surface area contributed by atoms with E-state index in [-0.39, 0.29) is 0 Å². The summed E-state index contributed by atoms with van der Waals surface area (Å²) in [6.45, 7) is 10.2. The van der Waals surface area contributed by atoms with Crippen molar-refractivity contribution in [3.8, 4) is 0 Å². The molecule has 4 heteroatoms. The third-order valence-electron chi connectivity index (χ3n) is 6.29. The number of hydrogen-bond acceptors (Lipinski definition) is 3. The smallest absolute Gasteiger partial charge is 0.223 e. The lowest BCUT2D eigenvalue weighted by molar-refractivity contribution is -0.135. The first-order chi connectivity index (χ1) is 10.7. The summed E-state index contributed by atoms with van der Waals surface area (Å²) in [5.74, 6) is 1.72. The standard InChI is InChI=1S/C18H33N3O/c1-3-20-11-8-16-4-5-17(13-20)21(16)18(22)12-14(2)15-6-9-19-10-7-15/h14-17,19H,3-13H2,1-2H3. The Morgan fingerprint density at radius 3 is 2.59 bits per heavy atom. The fraction of sp³-hybridized carbons (Fsp3) is 0.944. The minimum atomic E-state index is 0.441. The number of likely N-dealkylation sites (N-methyl/N-ethyl adjacent to an activating group) is 1. The lowest BCUT2D eigenvalue weighted by Crippen LogP contribution is -2.44. The molecule has 0 aromatic carbocycles. The second-order valence-electron chi connectivity index (χ2n) is 7.64. The highest BCUT2D eigenvalue weighted by Gasteiger charge is 2.40. The predicted octanol–water partition coefficient (Wildman–Crippen LogP) is 2.10. The fourth-order valence-electron chi connectivity index (χ4n) is 4.80. The van der Waals surface area contributed by atoms with Gasteiger partial charge in [0.2, 0.25) is 5.91 Å². The van der Waals surface area contributed by atoms with Crippen LogP contribution in [0.2, 0.25) is 0 Å². The van der Waals surface area contributed by atoms with Crippen molar-refractivity contribution in [2.24, 2.45) is 11.8 Å². The topological polar surface area (TPSA) is 35.6 Å². The maximum absolute atomic E-state index is 13.0. The summed E-state index contributed by atoms with van der Waals surface area (Å²) >= 11 is 0. The molecule has 3 rings (SSSR count). The summed E-state index contributed by atoms with van der Waals surface area (Å²) in [5, 5.41) is 3.43. The van der Waals surface area contributed by atoms with Crippen molar-refractivity contribution in [2.45, 2.75) is 64.5 Å². The van der Waals surface area contributed by atoms with Crippen molar-refractivity contribution < 1.29 is 4.79 Å². The van der Waals surface area contributed by atoms with Crippen LogP contribution < -0.4 is 5.32 Å². The first-order valence-corrected chi connectivity index (χ1v) is 9.43. The Morgan fingerprint density at radius 1 is 1.14 bits per heavy atom. The van der Waals surface area contributed by atoms with Gasteiger partial charge >= 0.3 is 0 Å². The Kier molecular flexibility index (Phi) is 5.40. The Labute approximate surface area is 135 Å². The fourth-order valence-corrected chi connectivity index (χ4v) is 4.80. The Morgan fingerprint density at radius 2 is 1.86 bits per heavy atom. The van der Waals surface area contributed by atoms with Crippen LogP contribution in [0.15, 0.2) is 0 Å². The summed E-state index contributed by atoms with van der Waals surface area (Å²) in [5.41, 5.74) is 0. The highest BCUT2D eigenvalue weighted by molar-refractivity contribution is 5.77. The number of amides is 1. The SMILES string of the molecule is CCN1CCC2CCC(C1)N2C(=O)CC(C)C1CCNCC1. The van der Waals surface area contributed by atoms with Gasteiger partial charge in [-0.15, -0.1) is 0 Å². The van der Waals surface area contributed by atoms with Gasteiger partial charge in [-0.2, -0.15) is 0 Å². The Balaban J connectivity index is 1.59. The summed E-state index contributed by atoms with van der Waals surface area (Å²) in [7, 11) is 0. The van der Waals surface area contributed by atoms with Gasteiger partial charge in [0, 0.05) is 31.6 Å². The van der Waals surface area contributed by atoms with Gasteiger partial charge in [0.25, 0.3) is 0 Å². The monoisotopic (exact) mass is 307 g/mol. The Hall–Kier alpha value is -0.610. The average Bonchev–Trinajstić information content (AvgIpc) is 2.83. The molecule has 22 heavy (non-hydrogen) atoms. The van der Waals surface area contributed by atoms with E-state index >= 15 is 0 Å². The maximum Gasteiger partial charge on any atom is 0.223 e. The zero-order chi connectivity index (χ0) is 15.5. The molecule has 0 aromatic rings. The molecule has 3 aliphatic heterocycles. The largest absolute Gasteiger partial charge is 0.335 e. The van der Waals surface area contributed by atoms with Crippen LogP contribution in [-0.4, -0.2) is 60.5 Å². The number of hydrogen-bond donors (Lipinski definition) is 1. The van der Waals surface area contributed by atoms with Gasteiger partial charge in [0.1, 0.15) is 0 Å². The highest BCUT2D eigenvalue weighted by atomic mass is 16.2. The zero-order valence-corrected chi connectivity index (χ0v) is 14.4. The molecule has 2 bridgehead atoms. The predicted molar refractivity (Wildman–Crippen MR) is 89.8 cm³/mol. The van der Waals surface area contributed by atoms with Gasteiger partial charge in [0.15, 0.2) is 0 Å². The van der Waals surface area contributed by atoms with Gasteiger partial charge < -0.3 is 15.1 Å². The van der Waals surface area contributed by atoms with Gasteiger partial charge in [-0.05, 0) is 63.6 Å². The van der Waals surface area contributed by atoms with Crippen LogP contribution >= 0.6 is 0 Å². The first-order valence-electron chi connectivity index (χ1n) is 9.43.